The molecule has 0 saturated carbocycles. The number of ether oxygens (including phenoxy) is 1. The van der Waals surface area contributed by atoms with Crippen LogP contribution in [-0.4, -0.2) is 18.8 Å². The first-order valence-electron chi connectivity index (χ1n) is 5.79. The molecule has 0 saturated heterocycles. The lowest BCUT2D eigenvalue weighted by Crippen LogP contribution is -2.35. The van der Waals surface area contributed by atoms with E-state index in [9.17, 15) is 0 Å². The summed E-state index contributed by atoms with van der Waals surface area (Å²) in [6.07, 6.45) is 1.78. The molecular formula is C14H23NO. The lowest BCUT2D eigenvalue weighted by Gasteiger charge is -2.26. The number of methoxy groups -OCH3 is 1. The van der Waals surface area contributed by atoms with Gasteiger partial charge in [0.05, 0.1) is 5.60 Å². The molecule has 0 aliphatic heterocycles. The number of benzene rings is 1. The lowest BCUT2D eigenvalue weighted by atomic mass is 9.94. The minimum atomic E-state index is -0.136. The van der Waals surface area contributed by atoms with Crippen LogP contribution in [0.5, 0.6) is 0 Å². The van der Waals surface area contributed by atoms with Crippen molar-refractivity contribution in [2.75, 3.05) is 7.11 Å². The normalized spacial score (nSPS) is 13.8. The van der Waals surface area contributed by atoms with Crippen molar-refractivity contribution in [2.24, 2.45) is 5.73 Å². The zero-order valence-electron chi connectivity index (χ0n) is 10.8. The van der Waals surface area contributed by atoms with E-state index in [1.807, 2.05) is 0 Å². The fraction of sp³-hybridized carbons (Fsp3) is 0.571. The molecule has 2 nitrogen and oxygen atoms in total. The van der Waals surface area contributed by atoms with Crippen LogP contribution >= 0.6 is 0 Å². The van der Waals surface area contributed by atoms with Gasteiger partial charge >= 0.3 is 0 Å². The van der Waals surface area contributed by atoms with Crippen molar-refractivity contribution in [3.8, 4) is 0 Å². The van der Waals surface area contributed by atoms with Gasteiger partial charge in [-0.15, -0.1) is 0 Å². The summed E-state index contributed by atoms with van der Waals surface area (Å²) in [6.45, 7) is 6.25. The largest absolute Gasteiger partial charge is 0.379 e. The summed E-state index contributed by atoms with van der Waals surface area (Å²) in [5.41, 5.74) is 8.59. The van der Waals surface area contributed by atoms with Crippen molar-refractivity contribution in [3.63, 3.8) is 0 Å². The van der Waals surface area contributed by atoms with Gasteiger partial charge in [0, 0.05) is 13.2 Å². The van der Waals surface area contributed by atoms with E-state index in [2.05, 4.69) is 45.0 Å². The third-order valence-electron chi connectivity index (χ3n) is 2.89. The first-order valence-corrected chi connectivity index (χ1v) is 5.79. The minimum Gasteiger partial charge on any atom is -0.379 e. The lowest BCUT2D eigenvalue weighted by molar-refractivity contribution is 0.0102. The molecule has 1 atom stereocenters. The predicted octanol–water partition coefficient (Wildman–Crippen LogP) is 2.68. The zero-order valence-corrected chi connectivity index (χ0v) is 10.8. The molecule has 1 unspecified atom stereocenters. The van der Waals surface area contributed by atoms with Gasteiger partial charge in [-0.05, 0) is 39.2 Å². The van der Waals surface area contributed by atoms with Crippen molar-refractivity contribution >= 4 is 0 Å². The molecule has 0 radical (unpaired) electrons. The molecule has 1 aromatic rings. The summed E-state index contributed by atoms with van der Waals surface area (Å²) >= 11 is 0. The summed E-state index contributed by atoms with van der Waals surface area (Å²) in [5.74, 6) is 0. The zero-order chi connectivity index (χ0) is 12.2. The topological polar surface area (TPSA) is 35.2 Å². The van der Waals surface area contributed by atoms with E-state index in [-0.39, 0.29) is 11.6 Å². The second-order valence-corrected chi connectivity index (χ2v) is 5.12. The smallest absolute Gasteiger partial charge is 0.0637 e. The van der Waals surface area contributed by atoms with E-state index in [1.54, 1.807) is 7.11 Å². The second kappa shape index (κ2) is 5.46. The van der Waals surface area contributed by atoms with Crippen LogP contribution in [0.4, 0.5) is 0 Å². The predicted molar refractivity (Wildman–Crippen MR) is 68.6 cm³/mol. The first kappa shape index (κ1) is 13.2. The Labute approximate surface area is 98.8 Å². The van der Waals surface area contributed by atoms with Crippen LogP contribution in [0.3, 0.4) is 0 Å². The number of hydrogen-bond acceptors (Lipinski definition) is 2. The Balaban J connectivity index is 2.55. The average molecular weight is 221 g/mol. The number of aryl methyl sites for hydroxylation is 1. The maximum atomic E-state index is 6.14. The van der Waals surface area contributed by atoms with Crippen molar-refractivity contribution < 1.29 is 4.74 Å². The molecule has 0 aliphatic carbocycles. The van der Waals surface area contributed by atoms with Gasteiger partial charge in [0.25, 0.3) is 0 Å². The van der Waals surface area contributed by atoms with E-state index >= 15 is 0 Å². The molecule has 0 fully saturated rings. The van der Waals surface area contributed by atoms with E-state index < -0.39 is 0 Å². The van der Waals surface area contributed by atoms with Crippen molar-refractivity contribution in [3.05, 3.63) is 35.4 Å². The average Bonchev–Trinajstić information content (AvgIpc) is 2.16. The highest BCUT2D eigenvalue weighted by molar-refractivity contribution is 5.22. The van der Waals surface area contributed by atoms with E-state index in [4.69, 9.17) is 10.5 Å². The summed E-state index contributed by atoms with van der Waals surface area (Å²) in [6, 6.07) is 8.66. The second-order valence-electron chi connectivity index (χ2n) is 5.12. The van der Waals surface area contributed by atoms with Gasteiger partial charge in [-0.3, -0.25) is 0 Å². The van der Waals surface area contributed by atoms with Gasteiger partial charge in [0.1, 0.15) is 0 Å². The highest BCUT2D eigenvalue weighted by Gasteiger charge is 2.20. The Morgan fingerprint density at radius 2 is 2.06 bits per heavy atom. The summed E-state index contributed by atoms with van der Waals surface area (Å²) in [4.78, 5) is 0. The van der Waals surface area contributed by atoms with Gasteiger partial charge in [-0.25, -0.2) is 0 Å². The van der Waals surface area contributed by atoms with Gasteiger partial charge < -0.3 is 10.5 Å². The molecule has 0 heterocycles. The highest BCUT2D eigenvalue weighted by Crippen LogP contribution is 2.17. The molecule has 0 bridgehead atoms. The number of hydrogen-bond donors (Lipinski definition) is 1. The quantitative estimate of drug-likeness (QED) is 0.829. The van der Waals surface area contributed by atoms with Crippen LogP contribution < -0.4 is 5.73 Å². The summed E-state index contributed by atoms with van der Waals surface area (Å²) in [5, 5.41) is 0. The third kappa shape index (κ3) is 4.33. The van der Waals surface area contributed by atoms with Crippen LogP contribution in [0.15, 0.2) is 24.3 Å². The van der Waals surface area contributed by atoms with Gasteiger partial charge in [-0.2, -0.15) is 0 Å². The molecular weight excluding hydrogens is 198 g/mol. The maximum Gasteiger partial charge on any atom is 0.0637 e. The van der Waals surface area contributed by atoms with Crippen LogP contribution in [0.2, 0.25) is 0 Å². The minimum absolute atomic E-state index is 0.136. The van der Waals surface area contributed by atoms with Crippen LogP contribution in [0, 0.1) is 6.92 Å². The van der Waals surface area contributed by atoms with Crippen LogP contribution in [0.1, 0.15) is 31.4 Å². The van der Waals surface area contributed by atoms with Crippen LogP contribution in [0.25, 0.3) is 0 Å². The van der Waals surface area contributed by atoms with Gasteiger partial charge in [-0.1, -0.05) is 29.8 Å². The monoisotopic (exact) mass is 221 g/mol. The highest BCUT2D eigenvalue weighted by atomic mass is 16.5. The van der Waals surface area contributed by atoms with Crippen molar-refractivity contribution in [1.29, 1.82) is 0 Å². The molecule has 1 rings (SSSR count). The van der Waals surface area contributed by atoms with E-state index in [0.717, 1.165) is 12.8 Å². The summed E-state index contributed by atoms with van der Waals surface area (Å²) in [7, 11) is 1.74. The molecule has 0 amide bonds. The maximum absolute atomic E-state index is 6.14. The standard InChI is InChI=1S/C14H23NO/c1-11-6-5-7-12(8-11)9-13(15)10-14(2,3)16-4/h5-8,13H,9-10,15H2,1-4H3. The Bertz CT molecular complexity index is 333. The molecule has 0 aliphatic rings. The van der Waals surface area contributed by atoms with Gasteiger partial charge in [0.2, 0.25) is 0 Å². The molecule has 2 N–H and O–H groups in total. The molecule has 16 heavy (non-hydrogen) atoms. The molecule has 90 valence electrons. The molecule has 1 aromatic carbocycles. The first-order chi connectivity index (χ1) is 7.43. The van der Waals surface area contributed by atoms with Gasteiger partial charge in [0.15, 0.2) is 0 Å². The Morgan fingerprint density at radius 3 is 2.62 bits per heavy atom. The Hall–Kier alpha value is -0.860. The molecule has 0 aromatic heterocycles. The molecule has 0 spiro atoms. The van der Waals surface area contributed by atoms with Crippen LogP contribution in [-0.2, 0) is 11.2 Å². The number of nitrogens with two attached hydrogens (primary N) is 1. The number of rotatable bonds is 5. The molecule has 2 heteroatoms. The summed E-state index contributed by atoms with van der Waals surface area (Å²) < 4.78 is 5.39. The fourth-order valence-electron chi connectivity index (χ4n) is 1.93. The fourth-order valence-corrected chi connectivity index (χ4v) is 1.93. The van der Waals surface area contributed by atoms with E-state index in [1.165, 1.54) is 11.1 Å². The van der Waals surface area contributed by atoms with Crippen molar-refractivity contribution in [1.82, 2.24) is 0 Å². The Kier molecular flexibility index (Phi) is 4.51. The third-order valence-corrected chi connectivity index (χ3v) is 2.89. The van der Waals surface area contributed by atoms with Crippen molar-refractivity contribution in [2.45, 2.75) is 45.3 Å². The Morgan fingerprint density at radius 1 is 1.38 bits per heavy atom. The SMILES string of the molecule is COC(C)(C)CC(N)Cc1cccc(C)c1. The van der Waals surface area contributed by atoms with E-state index in [0.29, 0.717) is 0 Å².